The molecule has 1 aliphatic rings. The third kappa shape index (κ3) is 11.7. The minimum atomic E-state index is -1.11. The van der Waals surface area contributed by atoms with Crippen molar-refractivity contribution in [2.75, 3.05) is 32.8 Å². The second-order valence-electron chi connectivity index (χ2n) is 8.65. The Bertz CT molecular complexity index is 700. The van der Waals surface area contributed by atoms with Gasteiger partial charge in [0.15, 0.2) is 24.6 Å². The summed E-state index contributed by atoms with van der Waals surface area (Å²) in [7, 11) is 0. The Morgan fingerprint density at radius 1 is 0.778 bits per heavy atom. The molecule has 0 radical (unpaired) electrons. The molecule has 208 valence electrons. The van der Waals surface area contributed by atoms with Gasteiger partial charge in [0.25, 0.3) is 0 Å². The lowest BCUT2D eigenvalue weighted by molar-refractivity contribution is -0.304. The largest absolute Gasteiger partial charge is 0.466 e. The molecule has 0 spiro atoms. The van der Waals surface area contributed by atoms with Crippen LogP contribution in [0.4, 0.5) is 0 Å². The fourth-order valence-electron chi connectivity index (χ4n) is 4.01. The molecule has 11 heteroatoms. The summed E-state index contributed by atoms with van der Waals surface area (Å²) in [6, 6.07) is 0. The van der Waals surface area contributed by atoms with Gasteiger partial charge in [0.05, 0.1) is 19.6 Å². The van der Waals surface area contributed by atoms with Crippen molar-refractivity contribution in [2.45, 2.75) is 104 Å². The second kappa shape index (κ2) is 17.3. The fourth-order valence-corrected chi connectivity index (χ4v) is 4.01. The van der Waals surface area contributed by atoms with Crippen molar-refractivity contribution in [3.05, 3.63) is 0 Å². The third-order valence-electron chi connectivity index (χ3n) is 5.57. The van der Waals surface area contributed by atoms with Gasteiger partial charge in [-0.05, 0) is 32.7 Å². The van der Waals surface area contributed by atoms with Crippen molar-refractivity contribution < 1.29 is 47.6 Å². The van der Waals surface area contributed by atoms with E-state index in [-0.39, 0.29) is 12.6 Å². The number of ether oxygens (including phenoxy) is 6. The Morgan fingerprint density at radius 2 is 1.36 bits per heavy atom. The minimum absolute atomic E-state index is 0.223. The lowest BCUT2D eigenvalue weighted by atomic mass is 9.96. The van der Waals surface area contributed by atoms with Gasteiger partial charge >= 0.3 is 23.9 Å². The predicted molar refractivity (Wildman–Crippen MR) is 129 cm³/mol. The highest BCUT2D eigenvalue weighted by Crippen LogP contribution is 2.31. The molecule has 36 heavy (non-hydrogen) atoms. The highest BCUT2D eigenvalue weighted by molar-refractivity contribution is 5.69. The topological polar surface area (TPSA) is 127 Å². The molecule has 5 unspecified atom stereocenters. The molecule has 0 bridgehead atoms. The van der Waals surface area contributed by atoms with Crippen LogP contribution < -0.4 is 0 Å². The SMILES string of the molecule is CCCCN(CCCOC1OC(CC)C(OC(C)=O)C(OC(C)=O)C1OC(C)=O)CCC(=O)OCC. The lowest BCUT2D eigenvalue weighted by Gasteiger charge is -2.44. The van der Waals surface area contributed by atoms with E-state index in [2.05, 4.69) is 11.8 Å². The molecule has 1 fully saturated rings. The minimum Gasteiger partial charge on any atom is -0.466 e. The standard InChI is InChI=1S/C25H43NO10/c1-7-10-13-26(15-12-21(30)31-9-3)14-11-16-32-25-24(35-19(6)29)23(34-18(5)28)22(33-17(4)27)20(8-2)36-25/h20,22-25H,7-16H2,1-6H3. The zero-order valence-electron chi connectivity index (χ0n) is 22.5. The van der Waals surface area contributed by atoms with E-state index >= 15 is 0 Å². The average Bonchev–Trinajstić information content (AvgIpc) is 2.80. The molecule has 1 aliphatic heterocycles. The highest BCUT2D eigenvalue weighted by atomic mass is 16.7. The second-order valence-corrected chi connectivity index (χ2v) is 8.65. The summed E-state index contributed by atoms with van der Waals surface area (Å²) < 4.78 is 33.2. The summed E-state index contributed by atoms with van der Waals surface area (Å²) in [4.78, 5) is 49.3. The molecule has 0 aromatic heterocycles. The maximum atomic E-state index is 11.8. The fraction of sp³-hybridized carbons (Fsp3) is 0.840. The molecule has 0 aromatic carbocycles. The lowest BCUT2D eigenvalue weighted by Crippen LogP contribution is -2.61. The summed E-state index contributed by atoms with van der Waals surface area (Å²) in [6.45, 7) is 12.2. The Balaban J connectivity index is 2.86. The number of esters is 4. The van der Waals surface area contributed by atoms with Crippen LogP contribution in [0.3, 0.4) is 0 Å². The molecule has 0 N–H and O–H groups in total. The summed E-state index contributed by atoms with van der Waals surface area (Å²) in [5.41, 5.74) is 0. The maximum absolute atomic E-state index is 11.8. The van der Waals surface area contributed by atoms with Crippen LogP contribution in [0, 0.1) is 0 Å². The summed E-state index contributed by atoms with van der Waals surface area (Å²) in [6.07, 6.45) is -1.35. The van der Waals surface area contributed by atoms with E-state index in [0.717, 1.165) is 19.4 Å². The van der Waals surface area contributed by atoms with Gasteiger partial charge < -0.3 is 33.3 Å². The van der Waals surface area contributed by atoms with Crippen LogP contribution in [0.1, 0.15) is 73.6 Å². The summed E-state index contributed by atoms with van der Waals surface area (Å²) in [5, 5.41) is 0. The van der Waals surface area contributed by atoms with Gasteiger partial charge in [-0.3, -0.25) is 19.2 Å². The van der Waals surface area contributed by atoms with Crippen LogP contribution >= 0.6 is 0 Å². The smallest absolute Gasteiger partial charge is 0.307 e. The number of hydrogen-bond donors (Lipinski definition) is 0. The number of nitrogens with zero attached hydrogens (tertiary/aromatic N) is 1. The quantitative estimate of drug-likeness (QED) is 0.170. The number of carbonyl (C=O) groups excluding carboxylic acids is 4. The zero-order valence-corrected chi connectivity index (χ0v) is 22.5. The van der Waals surface area contributed by atoms with Crippen LogP contribution in [0.25, 0.3) is 0 Å². The first kappa shape index (κ1) is 31.8. The van der Waals surface area contributed by atoms with E-state index in [1.54, 1.807) is 6.92 Å². The molecule has 0 amide bonds. The molecular weight excluding hydrogens is 474 g/mol. The first-order chi connectivity index (χ1) is 17.1. The number of rotatable bonds is 16. The molecule has 1 saturated heterocycles. The highest BCUT2D eigenvalue weighted by Gasteiger charge is 2.51. The number of hydrogen-bond acceptors (Lipinski definition) is 11. The van der Waals surface area contributed by atoms with E-state index in [4.69, 9.17) is 28.4 Å². The van der Waals surface area contributed by atoms with Crippen molar-refractivity contribution in [2.24, 2.45) is 0 Å². The van der Waals surface area contributed by atoms with Crippen molar-refractivity contribution >= 4 is 23.9 Å². The maximum Gasteiger partial charge on any atom is 0.307 e. The van der Waals surface area contributed by atoms with Gasteiger partial charge in [0.1, 0.15) is 6.10 Å². The van der Waals surface area contributed by atoms with Gasteiger partial charge in [0.2, 0.25) is 0 Å². The normalized spacial score (nSPS) is 23.7. The molecule has 11 nitrogen and oxygen atoms in total. The van der Waals surface area contributed by atoms with E-state index in [1.165, 1.54) is 20.8 Å². The Labute approximate surface area is 214 Å². The molecule has 1 rings (SSSR count). The molecular formula is C25H43NO10. The van der Waals surface area contributed by atoms with Gasteiger partial charge in [-0.1, -0.05) is 20.3 Å². The molecule has 0 aromatic rings. The monoisotopic (exact) mass is 517 g/mol. The number of unbranched alkanes of at least 4 members (excludes halogenated alkanes) is 1. The van der Waals surface area contributed by atoms with Gasteiger partial charge in [-0.25, -0.2) is 0 Å². The zero-order chi connectivity index (χ0) is 27.1. The average molecular weight is 518 g/mol. The van der Waals surface area contributed by atoms with E-state index in [1.807, 2.05) is 6.92 Å². The van der Waals surface area contributed by atoms with Crippen molar-refractivity contribution in [3.8, 4) is 0 Å². The Morgan fingerprint density at radius 3 is 1.92 bits per heavy atom. The van der Waals surface area contributed by atoms with Crippen molar-refractivity contribution in [1.82, 2.24) is 4.90 Å². The molecule has 0 aliphatic carbocycles. The van der Waals surface area contributed by atoms with Crippen LogP contribution in [0.5, 0.6) is 0 Å². The van der Waals surface area contributed by atoms with E-state index in [9.17, 15) is 19.2 Å². The van der Waals surface area contributed by atoms with Gasteiger partial charge in [-0.2, -0.15) is 0 Å². The van der Waals surface area contributed by atoms with Crippen LogP contribution in [0.2, 0.25) is 0 Å². The van der Waals surface area contributed by atoms with Gasteiger partial charge in [0, 0.05) is 33.9 Å². The predicted octanol–water partition coefficient (Wildman–Crippen LogP) is 2.38. The Kier molecular flexibility index (Phi) is 15.2. The Hall–Kier alpha value is -2.24. The first-order valence-electron chi connectivity index (χ1n) is 12.8. The van der Waals surface area contributed by atoms with Crippen LogP contribution in [-0.4, -0.2) is 92.3 Å². The molecule has 5 atom stereocenters. The van der Waals surface area contributed by atoms with Crippen LogP contribution in [0.15, 0.2) is 0 Å². The van der Waals surface area contributed by atoms with Crippen molar-refractivity contribution in [3.63, 3.8) is 0 Å². The first-order valence-corrected chi connectivity index (χ1v) is 12.8. The number of carbonyl (C=O) groups is 4. The third-order valence-corrected chi connectivity index (χ3v) is 5.57. The van der Waals surface area contributed by atoms with E-state index in [0.29, 0.717) is 39.0 Å². The van der Waals surface area contributed by atoms with E-state index < -0.39 is 48.6 Å². The summed E-state index contributed by atoms with van der Waals surface area (Å²) >= 11 is 0. The summed E-state index contributed by atoms with van der Waals surface area (Å²) in [5.74, 6) is -2.02. The molecule has 1 heterocycles. The van der Waals surface area contributed by atoms with Gasteiger partial charge in [-0.15, -0.1) is 0 Å². The van der Waals surface area contributed by atoms with Crippen LogP contribution in [-0.2, 0) is 47.6 Å². The molecule has 0 saturated carbocycles. The van der Waals surface area contributed by atoms with Crippen molar-refractivity contribution in [1.29, 1.82) is 0 Å².